The third-order valence-corrected chi connectivity index (χ3v) is 3.90. The van der Waals surface area contributed by atoms with E-state index in [0.29, 0.717) is 12.1 Å². The lowest BCUT2D eigenvalue weighted by Crippen LogP contribution is -2.36. The SMILES string of the molecule is COc1ccc(C(=O)N2CCc3c(ccn3C)C2)cc1. The Morgan fingerprint density at radius 3 is 2.65 bits per heavy atom. The third-order valence-electron chi connectivity index (χ3n) is 3.90. The molecule has 0 radical (unpaired) electrons. The first kappa shape index (κ1) is 12.8. The predicted molar refractivity (Wildman–Crippen MR) is 76.9 cm³/mol. The van der Waals surface area contributed by atoms with Gasteiger partial charge in [0.2, 0.25) is 0 Å². The van der Waals surface area contributed by atoms with Crippen LogP contribution in [0.3, 0.4) is 0 Å². The Morgan fingerprint density at radius 1 is 1.20 bits per heavy atom. The van der Waals surface area contributed by atoms with Crippen molar-refractivity contribution >= 4 is 5.91 Å². The molecule has 0 fully saturated rings. The number of hydrogen-bond donors (Lipinski definition) is 0. The van der Waals surface area contributed by atoms with Crippen molar-refractivity contribution in [3.05, 3.63) is 53.3 Å². The van der Waals surface area contributed by atoms with Crippen LogP contribution in [-0.2, 0) is 20.0 Å². The number of fused-ring (bicyclic) bond motifs is 1. The molecule has 0 aliphatic carbocycles. The molecule has 0 saturated carbocycles. The molecule has 0 bridgehead atoms. The summed E-state index contributed by atoms with van der Waals surface area (Å²) in [6.07, 6.45) is 2.98. The zero-order valence-electron chi connectivity index (χ0n) is 11.8. The van der Waals surface area contributed by atoms with Crippen molar-refractivity contribution in [1.29, 1.82) is 0 Å². The molecule has 1 aliphatic rings. The van der Waals surface area contributed by atoms with Gasteiger partial charge in [0.05, 0.1) is 7.11 Å². The van der Waals surface area contributed by atoms with Crippen molar-refractivity contribution in [1.82, 2.24) is 9.47 Å². The summed E-state index contributed by atoms with van der Waals surface area (Å²) in [5.74, 6) is 0.854. The van der Waals surface area contributed by atoms with Crippen LogP contribution in [-0.4, -0.2) is 29.0 Å². The number of aryl methyl sites for hydroxylation is 1. The lowest BCUT2D eigenvalue weighted by molar-refractivity contribution is 0.0733. The van der Waals surface area contributed by atoms with Gasteiger partial charge in [0.1, 0.15) is 5.75 Å². The molecule has 1 aromatic carbocycles. The predicted octanol–water partition coefficient (Wildman–Crippen LogP) is 2.23. The average Bonchev–Trinajstić information content (AvgIpc) is 2.87. The van der Waals surface area contributed by atoms with Crippen molar-refractivity contribution in [3.63, 3.8) is 0 Å². The molecule has 1 aliphatic heterocycles. The van der Waals surface area contributed by atoms with Crippen LogP contribution in [0.4, 0.5) is 0 Å². The second kappa shape index (κ2) is 5.04. The number of aromatic nitrogens is 1. The number of carbonyl (C=O) groups is 1. The van der Waals surface area contributed by atoms with Gasteiger partial charge in [-0.05, 0) is 35.9 Å². The second-order valence-electron chi connectivity index (χ2n) is 5.10. The summed E-state index contributed by atoms with van der Waals surface area (Å²) in [4.78, 5) is 14.4. The lowest BCUT2D eigenvalue weighted by Gasteiger charge is -2.28. The maximum Gasteiger partial charge on any atom is 0.254 e. The van der Waals surface area contributed by atoms with E-state index in [9.17, 15) is 4.79 Å². The Kier molecular flexibility index (Phi) is 3.22. The van der Waals surface area contributed by atoms with Crippen LogP contribution in [0.15, 0.2) is 36.5 Å². The molecule has 0 saturated heterocycles. The zero-order chi connectivity index (χ0) is 14.1. The highest BCUT2D eigenvalue weighted by atomic mass is 16.5. The maximum atomic E-state index is 12.5. The Morgan fingerprint density at radius 2 is 1.95 bits per heavy atom. The van der Waals surface area contributed by atoms with E-state index in [1.807, 2.05) is 29.2 Å². The smallest absolute Gasteiger partial charge is 0.254 e. The van der Waals surface area contributed by atoms with Gasteiger partial charge in [-0.3, -0.25) is 4.79 Å². The second-order valence-corrected chi connectivity index (χ2v) is 5.10. The number of ether oxygens (including phenoxy) is 1. The van der Waals surface area contributed by atoms with E-state index in [-0.39, 0.29) is 5.91 Å². The molecule has 0 N–H and O–H groups in total. The van der Waals surface area contributed by atoms with Gasteiger partial charge in [-0.1, -0.05) is 0 Å². The molecule has 4 heteroatoms. The quantitative estimate of drug-likeness (QED) is 0.838. The Balaban J connectivity index is 1.78. The van der Waals surface area contributed by atoms with Gasteiger partial charge in [0.25, 0.3) is 5.91 Å². The van der Waals surface area contributed by atoms with Crippen molar-refractivity contribution in [3.8, 4) is 5.75 Å². The molecule has 0 atom stereocenters. The number of methoxy groups -OCH3 is 1. The molecular formula is C16H18N2O2. The summed E-state index contributed by atoms with van der Waals surface area (Å²) in [5.41, 5.74) is 3.30. The molecule has 104 valence electrons. The number of amides is 1. The summed E-state index contributed by atoms with van der Waals surface area (Å²) < 4.78 is 7.26. The van der Waals surface area contributed by atoms with Gasteiger partial charge in [-0.25, -0.2) is 0 Å². The molecule has 3 rings (SSSR count). The first-order valence-corrected chi connectivity index (χ1v) is 6.75. The summed E-state index contributed by atoms with van der Waals surface area (Å²) >= 11 is 0. The highest BCUT2D eigenvalue weighted by Gasteiger charge is 2.23. The number of rotatable bonds is 2. The fourth-order valence-electron chi connectivity index (χ4n) is 2.71. The Bertz CT molecular complexity index is 628. The van der Waals surface area contributed by atoms with E-state index in [2.05, 4.69) is 23.9 Å². The van der Waals surface area contributed by atoms with Crippen LogP contribution in [0.2, 0.25) is 0 Å². The summed E-state index contributed by atoms with van der Waals surface area (Å²) in [6.45, 7) is 1.47. The fraction of sp³-hybridized carbons (Fsp3) is 0.312. The topological polar surface area (TPSA) is 34.5 Å². The summed E-state index contributed by atoms with van der Waals surface area (Å²) in [6, 6.07) is 9.39. The highest BCUT2D eigenvalue weighted by Crippen LogP contribution is 2.21. The number of hydrogen-bond acceptors (Lipinski definition) is 2. The molecule has 0 unspecified atom stereocenters. The largest absolute Gasteiger partial charge is 0.497 e. The van der Waals surface area contributed by atoms with Crippen LogP contribution in [0.5, 0.6) is 5.75 Å². The van der Waals surface area contributed by atoms with Gasteiger partial charge in [-0.15, -0.1) is 0 Å². The molecule has 4 nitrogen and oxygen atoms in total. The van der Waals surface area contributed by atoms with Crippen molar-refractivity contribution in [2.24, 2.45) is 7.05 Å². The fourth-order valence-corrected chi connectivity index (χ4v) is 2.71. The van der Waals surface area contributed by atoms with E-state index in [1.54, 1.807) is 7.11 Å². The van der Waals surface area contributed by atoms with Crippen molar-refractivity contribution < 1.29 is 9.53 Å². The first-order chi connectivity index (χ1) is 9.69. The zero-order valence-corrected chi connectivity index (χ0v) is 11.8. The third kappa shape index (κ3) is 2.18. The van der Waals surface area contributed by atoms with Crippen LogP contribution < -0.4 is 4.74 Å². The molecule has 20 heavy (non-hydrogen) atoms. The van der Waals surface area contributed by atoms with Crippen molar-refractivity contribution in [2.75, 3.05) is 13.7 Å². The van der Waals surface area contributed by atoms with Crippen LogP contribution >= 0.6 is 0 Å². The van der Waals surface area contributed by atoms with Gasteiger partial charge in [0, 0.05) is 44.0 Å². The van der Waals surface area contributed by atoms with Gasteiger partial charge in [0.15, 0.2) is 0 Å². The molecule has 2 heterocycles. The number of nitrogens with zero attached hydrogens (tertiary/aromatic N) is 2. The van der Waals surface area contributed by atoms with E-state index >= 15 is 0 Å². The lowest BCUT2D eigenvalue weighted by atomic mass is 10.1. The molecule has 1 aromatic heterocycles. The Labute approximate surface area is 118 Å². The Hall–Kier alpha value is -2.23. The first-order valence-electron chi connectivity index (χ1n) is 6.75. The summed E-state index contributed by atoms with van der Waals surface area (Å²) in [7, 11) is 3.68. The minimum absolute atomic E-state index is 0.0853. The number of carbonyl (C=O) groups excluding carboxylic acids is 1. The van der Waals surface area contributed by atoms with E-state index in [4.69, 9.17) is 4.74 Å². The van der Waals surface area contributed by atoms with Gasteiger partial charge < -0.3 is 14.2 Å². The molecular weight excluding hydrogens is 252 g/mol. The molecule has 0 spiro atoms. The molecule has 1 amide bonds. The van der Waals surface area contributed by atoms with Gasteiger partial charge in [-0.2, -0.15) is 0 Å². The number of benzene rings is 1. The van der Waals surface area contributed by atoms with Gasteiger partial charge >= 0.3 is 0 Å². The summed E-state index contributed by atoms with van der Waals surface area (Å²) in [5, 5.41) is 0. The van der Waals surface area contributed by atoms with Crippen molar-refractivity contribution in [2.45, 2.75) is 13.0 Å². The standard InChI is InChI=1S/C16H18N2O2/c1-17-9-7-13-11-18(10-8-15(13)17)16(19)12-3-5-14(20-2)6-4-12/h3-7,9H,8,10-11H2,1-2H3. The normalized spacial score (nSPS) is 14.0. The van der Waals surface area contributed by atoms with E-state index in [0.717, 1.165) is 18.7 Å². The minimum atomic E-state index is 0.0853. The molecule has 2 aromatic rings. The van der Waals surface area contributed by atoms with Crippen LogP contribution in [0.25, 0.3) is 0 Å². The van der Waals surface area contributed by atoms with Crippen LogP contribution in [0, 0.1) is 0 Å². The van der Waals surface area contributed by atoms with E-state index < -0.39 is 0 Å². The minimum Gasteiger partial charge on any atom is -0.497 e. The highest BCUT2D eigenvalue weighted by molar-refractivity contribution is 5.94. The maximum absolute atomic E-state index is 12.5. The average molecular weight is 270 g/mol. The van der Waals surface area contributed by atoms with E-state index in [1.165, 1.54) is 11.3 Å². The van der Waals surface area contributed by atoms with Crippen LogP contribution in [0.1, 0.15) is 21.6 Å². The monoisotopic (exact) mass is 270 g/mol.